The standard InChI is InChI=1S/C26H34N4O2S/c1-18(2)7-12-22(28-26(31)27-19-8-10-20(32-4)11-9-19)24-21-13-16-29(3)17-23(21)33-25(24)30-14-5-6-15-30/h5-6,8-11,14-15,18,22H,7,12-13,16-17H2,1-4H3,(H2,27,28,31)/t22-/m0/s1. The summed E-state index contributed by atoms with van der Waals surface area (Å²) in [5.74, 6) is 1.33. The minimum Gasteiger partial charge on any atom is -0.497 e. The van der Waals surface area contributed by atoms with Crippen molar-refractivity contribution in [2.45, 2.75) is 45.7 Å². The summed E-state index contributed by atoms with van der Waals surface area (Å²) in [6, 6.07) is 11.3. The van der Waals surface area contributed by atoms with Crippen LogP contribution >= 0.6 is 11.3 Å². The van der Waals surface area contributed by atoms with E-state index in [2.05, 4.69) is 65.5 Å². The van der Waals surface area contributed by atoms with Crippen LogP contribution < -0.4 is 15.4 Å². The van der Waals surface area contributed by atoms with Crippen LogP contribution in [0.25, 0.3) is 5.00 Å². The van der Waals surface area contributed by atoms with Gasteiger partial charge in [-0.3, -0.25) is 0 Å². The highest BCUT2D eigenvalue weighted by atomic mass is 32.1. The van der Waals surface area contributed by atoms with Gasteiger partial charge in [-0.2, -0.15) is 0 Å². The van der Waals surface area contributed by atoms with Crippen molar-refractivity contribution >= 4 is 23.1 Å². The maximum Gasteiger partial charge on any atom is 0.319 e. The van der Waals surface area contributed by atoms with E-state index in [1.807, 2.05) is 35.6 Å². The lowest BCUT2D eigenvalue weighted by atomic mass is 9.92. The first kappa shape index (κ1) is 23.4. The molecule has 3 heterocycles. The molecular formula is C26H34N4O2S. The molecule has 4 rings (SSSR count). The largest absolute Gasteiger partial charge is 0.497 e. The lowest BCUT2D eigenvalue weighted by Crippen LogP contribution is -2.34. The van der Waals surface area contributed by atoms with Gasteiger partial charge < -0.3 is 24.8 Å². The van der Waals surface area contributed by atoms with Gasteiger partial charge in [0, 0.05) is 41.6 Å². The van der Waals surface area contributed by atoms with Crippen molar-refractivity contribution in [3.05, 3.63) is 64.8 Å². The first-order valence-electron chi connectivity index (χ1n) is 11.6. The van der Waals surface area contributed by atoms with Gasteiger partial charge in [-0.05, 0) is 74.2 Å². The number of aromatic nitrogens is 1. The third-order valence-corrected chi connectivity index (χ3v) is 7.39. The zero-order valence-corrected chi connectivity index (χ0v) is 20.7. The average molecular weight is 467 g/mol. The minimum absolute atomic E-state index is 0.0496. The Morgan fingerprint density at radius 2 is 1.88 bits per heavy atom. The van der Waals surface area contributed by atoms with Gasteiger partial charge in [0.2, 0.25) is 0 Å². The second kappa shape index (κ2) is 10.4. The number of nitrogens with one attached hydrogen (secondary N) is 2. The van der Waals surface area contributed by atoms with Crippen LogP contribution in [0.2, 0.25) is 0 Å². The van der Waals surface area contributed by atoms with Crippen LogP contribution in [0, 0.1) is 5.92 Å². The molecule has 33 heavy (non-hydrogen) atoms. The lowest BCUT2D eigenvalue weighted by molar-refractivity contribution is 0.247. The molecule has 7 heteroatoms. The fraction of sp³-hybridized carbons (Fsp3) is 0.423. The number of anilines is 1. The van der Waals surface area contributed by atoms with Crippen LogP contribution in [-0.4, -0.2) is 36.2 Å². The number of benzene rings is 1. The van der Waals surface area contributed by atoms with E-state index < -0.39 is 0 Å². The summed E-state index contributed by atoms with van der Waals surface area (Å²) < 4.78 is 7.42. The average Bonchev–Trinajstić information content (AvgIpc) is 3.44. The number of fused-ring (bicyclic) bond motifs is 1. The van der Waals surface area contributed by atoms with E-state index in [-0.39, 0.29) is 12.1 Å². The van der Waals surface area contributed by atoms with Crippen molar-refractivity contribution in [3.63, 3.8) is 0 Å². The summed E-state index contributed by atoms with van der Waals surface area (Å²) in [4.78, 5) is 16.9. The second-order valence-corrected chi connectivity index (χ2v) is 10.2. The van der Waals surface area contributed by atoms with Crippen LogP contribution in [0.3, 0.4) is 0 Å². The second-order valence-electron chi connectivity index (χ2n) is 9.15. The number of ether oxygens (including phenoxy) is 1. The predicted molar refractivity (Wildman–Crippen MR) is 136 cm³/mol. The van der Waals surface area contributed by atoms with E-state index in [4.69, 9.17) is 4.74 Å². The Labute approximate surface area is 200 Å². The number of amides is 2. The van der Waals surface area contributed by atoms with Gasteiger partial charge in [-0.1, -0.05) is 13.8 Å². The van der Waals surface area contributed by atoms with E-state index in [9.17, 15) is 4.79 Å². The highest BCUT2D eigenvalue weighted by Gasteiger charge is 2.29. The molecule has 0 fully saturated rings. The van der Waals surface area contributed by atoms with E-state index >= 15 is 0 Å². The van der Waals surface area contributed by atoms with Gasteiger partial charge in [0.25, 0.3) is 0 Å². The number of likely N-dealkylation sites (N-methyl/N-ethyl adjacent to an activating group) is 1. The molecule has 1 aliphatic rings. The summed E-state index contributed by atoms with van der Waals surface area (Å²) in [5, 5.41) is 7.53. The monoisotopic (exact) mass is 466 g/mol. The Morgan fingerprint density at radius 3 is 2.55 bits per heavy atom. The van der Waals surface area contributed by atoms with Crippen molar-refractivity contribution < 1.29 is 9.53 Å². The number of hydrogen-bond donors (Lipinski definition) is 2. The summed E-state index contributed by atoms with van der Waals surface area (Å²) in [7, 11) is 3.81. The fourth-order valence-electron chi connectivity index (χ4n) is 4.35. The van der Waals surface area contributed by atoms with Crippen LogP contribution in [0.1, 0.15) is 48.7 Å². The zero-order chi connectivity index (χ0) is 23.4. The van der Waals surface area contributed by atoms with Crippen molar-refractivity contribution in [3.8, 4) is 10.8 Å². The van der Waals surface area contributed by atoms with Gasteiger partial charge >= 0.3 is 6.03 Å². The number of urea groups is 1. The Balaban J connectivity index is 1.64. The highest BCUT2D eigenvalue weighted by Crippen LogP contribution is 2.40. The smallest absolute Gasteiger partial charge is 0.319 e. The number of nitrogens with zero attached hydrogens (tertiary/aromatic N) is 2. The Kier molecular flexibility index (Phi) is 7.40. The Bertz CT molecular complexity index is 1060. The maximum absolute atomic E-state index is 13.1. The van der Waals surface area contributed by atoms with Crippen LogP contribution in [0.5, 0.6) is 5.75 Å². The van der Waals surface area contributed by atoms with Crippen molar-refractivity contribution in [2.75, 3.05) is 26.0 Å². The van der Waals surface area contributed by atoms with Gasteiger partial charge in [0.05, 0.1) is 13.2 Å². The number of carbonyl (C=O) groups excluding carboxylic acids is 1. The van der Waals surface area contributed by atoms with Crippen LogP contribution in [0.15, 0.2) is 48.8 Å². The van der Waals surface area contributed by atoms with E-state index in [1.54, 1.807) is 7.11 Å². The van der Waals surface area contributed by atoms with Gasteiger partial charge in [0.15, 0.2) is 0 Å². The molecule has 0 saturated carbocycles. The first-order chi connectivity index (χ1) is 15.9. The molecule has 0 unspecified atom stereocenters. The van der Waals surface area contributed by atoms with Crippen LogP contribution in [-0.2, 0) is 13.0 Å². The Hall–Kier alpha value is -2.77. The molecule has 1 aliphatic heterocycles. The molecule has 6 nitrogen and oxygen atoms in total. The zero-order valence-electron chi connectivity index (χ0n) is 19.9. The number of thiophene rings is 1. The van der Waals surface area contributed by atoms with E-state index in [0.29, 0.717) is 5.92 Å². The molecule has 0 bridgehead atoms. The minimum atomic E-state index is -0.180. The molecule has 2 N–H and O–H groups in total. The topological polar surface area (TPSA) is 58.5 Å². The van der Waals surface area contributed by atoms with Crippen LogP contribution in [0.4, 0.5) is 10.5 Å². The number of hydrogen-bond acceptors (Lipinski definition) is 4. The molecule has 0 saturated heterocycles. The van der Waals surface area contributed by atoms with Crippen molar-refractivity contribution in [1.29, 1.82) is 0 Å². The number of methoxy groups -OCH3 is 1. The third kappa shape index (κ3) is 5.60. The van der Waals surface area contributed by atoms with Gasteiger partial charge in [-0.25, -0.2) is 4.79 Å². The summed E-state index contributed by atoms with van der Waals surface area (Å²) in [6.45, 7) is 6.47. The molecule has 176 valence electrons. The molecule has 1 aromatic carbocycles. The Morgan fingerprint density at radius 1 is 1.15 bits per heavy atom. The quantitative estimate of drug-likeness (QED) is 0.439. The molecule has 2 amide bonds. The highest BCUT2D eigenvalue weighted by molar-refractivity contribution is 7.15. The van der Waals surface area contributed by atoms with Crippen molar-refractivity contribution in [1.82, 2.24) is 14.8 Å². The summed E-state index contributed by atoms with van der Waals surface area (Å²) in [6.07, 6.45) is 7.16. The first-order valence-corrected chi connectivity index (χ1v) is 12.4. The normalized spacial score (nSPS) is 14.7. The lowest BCUT2D eigenvalue weighted by Gasteiger charge is -2.26. The molecule has 0 radical (unpaired) electrons. The van der Waals surface area contributed by atoms with Crippen molar-refractivity contribution in [2.24, 2.45) is 5.92 Å². The van der Waals surface area contributed by atoms with E-state index in [0.717, 1.165) is 43.8 Å². The molecule has 0 spiro atoms. The predicted octanol–water partition coefficient (Wildman–Crippen LogP) is 5.83. The fourth-order valence-corrected chi connectivity index (χ4v) is 5.81. The van der Waals surface area contributed by atoms with E-state index in [1.165, 1.54) is 21.0 Å². The summed E-state index contributed by atoms with van der Waals surface area (Å²) >= 11 is 1.86. The van der Waals surface area contributed by atoms with Gasteiger partial charge in [0.1, 0.15) is 10.8 Å². The number of rotatable bonds is 8. The molecule has 0 aliphatic carbocycles. The van der Waals surface area contributed by atoms with Gasteiger partial charge in [-0.15, -0.1) is 11.3 Å². The molecule has 2 aromatic heterocycles. The maximum atomic E-state index is 13.1. The number of carbonyl (C=O) groups is 1. The molecule has 3 aromatic rings. The summed E-state index contributed by atoms with van der Waals surface area (Å²) in [5.41, 5.74) is 3.45. The SMILES string of the molecule is COc1ccc(NC(=O)N[C@@H](CCC(C)C)c2c(-n3cccc3)sc3c2CCN(C)C3)cc1. The molecule has 1 atom stereocenters. The third-order valence-electron chi connectivity index (χ3n) is 6.14. The molecular weight excluding hydrogens is 432 g/mol.